The van der Waals surface area contributed by atoms with Crippen molar-refractivity contribution in [2.24, 2.45) is 0 Å². The molecule has 0 atom stereocenters. The molecule has 0 aliphatic carbocycles. The third-order valence-corrected chi connectivity index (χ3v) is 28.3. The Morgan fingerprint density at radius 3 is 1.29 bits per heavy atom. The Morgan fingerprint density at radius 2 is 0.652 bits per heavy atom. The number of thiophene rings is 1. The second-order valence-corrected chi connectivity index (χ2v) is 36.2. The molecule has 29 aromatic rings. The summed E-state index contributed by atoms with van der Waals surface area (Å²) in [6.45, 7) is 0. The van der Waals surface area contributed by atoms with Gasteiger partial charge in [-0.1, -0.05) is 291 Å². The maximum absolute atomic E-state index is 5.25. The molecule has 10 heterocycles. The van der Waals surface area contributed by atoms with Crippen molar-refractivity contribution in [2.45, 2.75) is 0 Å². The van der Waals surface area contributed by atoms with Crippen molar-refractivity contribution in [2.75, 3.05) is 0 Å². The lowest BCUT2D eigenvalue weighted by Crippen LogP contribution is -1.99. The molecule has 0 fully saturated rings. The fraction of sp³-hybridized carbons (Fsp3) is 0. The molecule has 13 heteroatoms. The highest BCUT2D eigenvalue weighted by Gasteiger charge is 2.25. The lowest BCUT2D eigenvalue weighted by Gasteiger charge is -2.16. The maximum Gasteiger partial charge on any atom is 0.178 e. The van der Waals surface area contributed by atoms with Gasteiger partial charge in [0.15, 0.2) is 11.3 Å². The van der Waals surface area contributed by atoms with E-state index in [1.54, 1.807) is 18.6 Å². The van der Waals surface area contributed by atoms with Gasteiger partial charge in [-0.25, -0.2) is 29.9 Å². The normalized spacial score (nSPS) is 11.8. The fourth-order valence-corrected chi connectivity index (χ4v) is 22.0. The summed E-state index contributed by atoms with van der Waals surface area (Å²) in [5.41, 5.74) is 28.9. The molecule has 0 radical (unpaired) electrons. The highest BCUT2D eigenvalue weighted by molar-refractivity contribution is 7.25. The minimum atomic E-state index is 0.619. The molecule has 0 N–H and O–H groups in total. The monoisotopic (exact) mass is 1780 g/mol. The van der Waals surface area contributed by atoms with Crippen LogP contribution in [-0.4, -0.2) is 58.6 Å². The van der Waals surface area contributed by atoms with E-state index in [1.807, 2.05) is 72.4 Å². The van der Waals surface area contributed by atoms with Crippen molar-refractivity contribution in [3.8, 4) is 95.5 Å². The van der Waals surface area contributed by atoms with E-state index in [2.05, 4.69) is 411 Å². The third kappa shape index (κ3) is 13.5. The summed E-state index contributed by atoms with van der Waals surface area (Å²) in [6, 6.07) is 151. The molecular formula is C125H76N12S. The standard InChI is InChI=1S/C46H27N3S.C45H28N4.C34H21N5/c1-2-10-29-25-42-40(24-28(29)9-1)35-13-5-7-15-41(35)49(42)32-23-30-11-3-4-12-33(30)39(27-32)38-20-19-34(45-46(38)48-22-21-47-45)31-17-18-37-36-14-6-8-16-43(36)50-44(37)26-31;1-2-11-29(12-3-1)30-22-24-31(25-23-30)43-44(47-39-19-10-26-46-45(39)48-43)37-18-8-17-35-34(37)16-9-21-41(35)49-40-20-7-6-15-36(40)38-27-32-13-4-5-14-33(32)28-42(38)49;1-2-9-23-20-31-28(19-22(23)8-1)27-13-3-4-15-30(27)39(31)26-12-5-10-24(18-26)32-33(25-11-6-16-35-21-25)37-29-14-7-17-36-34(29)38-32/h1-27H;1-28H;1-21H. The molecule has 29 rings (SSSR count). The smallest absolute Gasteiger partial charge is 0.178 e. The molecule has 0 unspecified atom stereocenters. The number of aromatic nitrogens is 12. The highest BCUT2D eigenvalue weighted by Crippen LogP contribution is 2.47. The Morgan fingerprint density at radius 1 is 0.196 bits per heavy atom. The summed E-state index contributed by atoms with van der Waals surface area (Å²) in [5, 5.41) is 22.1. The average molecular weight is 1780 g/mol. The van der Waals surface area contributed by atoms with Crippen LogP contribution in [0.25, 0.3) is 268 Å². The van der Waals surface area contributed by atoms with Crippen LogP contribution in [0.1, 0.15) is 0 Å². The molecule has 19 aromatic carbocycles. The van der Waals surface area contributed by atoms with Crippen LogP contribution < -0.4 is 0 Å². The quantitative estimate of drug-likeness (QED) is 0.131. The lowest BCUT2D eigenvalue weighted by atomic mass is 9.93. The summed E-state index contributed by atoms with van der Waals surface area (Å²) >= 11 is 1.84. The summed E-state index contributed by atoms with van der Waals surface area (Å²) < 4.78 is 9.78. The van der Waals surface area contributed by atoms with Gasteiger partial charge in [0, 0.05) is 140 Å². The van der Waals surface area contributed by atoms with Gasteiger partial charge in [0.25, 0.3) is 0 Å². The van der Waals surface area contributed by atoms with E-state index in [0.717, 1.165) is 123 Å². The Bertz CT molecular complexity index is 10000. The zero-order valence-corrected chi connectivity index (χ0v) is 75.0. The molecule has 0 spiro atoms. The number of benzene rings is 19. The van der Waals surface area contributed by atoms with E-state index in [-0.39, 0.29) is 0 Å². The lowest BCUT2D eigenvalue weighted by molar-refractivity contribution is 1.17. The predicted molar refractivity (Wildman–Crippen MR) is 573 cm³/mol. The Balaban J connectivity index is 0.000000105. The fourth-order valence-electron chi connectivity index (χ4n) is 20.8. The number of rotatable bonds is 10. The summed E-state index contributed by atoms with van der Waals surface area (Å²) in [4.78, 5) is 43.7. The second kappa shape index (κ2) is 32.8. The topological polar surface area (TPSA) is 131 Å². The van der Waals surface area contributed by atoms with E-state index in [4.69, 9.17) is 29.9 Å². The van der Waals surface area contributed by atoms with Crippen LogP contribution in [0.15, 0.2) is 462 Å². The zero-order valence-electron chi connectivity index (χ0n) is 74.2. The first-order chi connectivity index (χ1) is 68.4. The SMILES string of the molecule is c1ccc(-c2ccc(-c3nc4ncccc4nc3-c3cccc4c(-n5c6ccccc6c6cc7ccccc7cc65)cccc34)cc2)cc1.c1ccc2cc3c(cc2c1)c1ccccc1n3-c1cc(-c2ccc(-c3ccc4c(c3)sc3ccccc34)c3nccnc23)c2ccccc2c1.c1cncc(-c2nc3cccnc3nc2-c2cccc(-n3c4ccccc4c4cc5ccccc5cc43)c2)c1. The third-order valence-electron chi connectivity index (χ3n) is 27.2. The van der Waals surface area contributed by atoms with Crippen molar-refractivity contribution in [1.82, 2.24) is 58.6 Å². The van der Waals surface area contributed by atoms with Gasteiger partial charge >= 0.3 is 0 Å². The number of para-hydroxylation sites is 3. The van der Waals surface area contributed by atoms with Crippen molar-refractivity contribution >= 4 is 184 Å². The van der Waals surface area contributed by atoms with E-state index in [1.165, 1.54) is 134 Å². The number of hydrogen-bond donors (Lipinski definition) is 0. The van der Waals surface area contributed by atoms with Crippen LogP contribution in [0.4, 0.5) is 0 Å². The second-order valence-electron chi connectivity index (χ2n) is 35.1. The van der Waals surface area contributed by atoms with Gasteiger partial charge in [-0.15, -0.1) is 11.3 Å². The molecule has 10 aromatic heterocycles. The first-order valence-electron chi connectivity index (χ1n) is 46.3. The minimum absolute atomic E-state index is 0.619. The summed E-state index contributed by atoms with van der Waals surface area (Å²) in [6.07, 6.45) is 10.8. The number of nitrogens with zero attached hydrogens (tertiary/aromatic N) is 12. The molecule has 0 saturated carbocycles. The molecule has 0 aliphatic rings. The van der Waals surface area contributed by atoms with Gasteiger partial charge < -0.3 is 13.7 Å². The summed E-state index contributed by atoms with van der Waals surface area (Å²) in [7, 11) is 0. The predicted octanol–water partition coefficient (Wildman–Crippen LogP) is 32.2. The van der Waals surface area contributed by atoms with E-state index in [0.29, 0.717) is 11.3 Å². The number of hydrogen-bond acceptors (Lipinski definition) is 10. The molecule has 0 aliphatic heterocycles. The van der Waals surface area contributed by atoms with Gasteiger partial charge in [-0.3, -0.25) is 15.0 Å². The summed E-state index contributed by atoms with van der Waals surface area (Å²) in [5.74, 6) is 0. The molecule has 0 bridgehead atoms. The first kappa shape index (κ1) is 79.3. The van der Waals surface area contributed by atoms with Gasteiger partial charge in [0.1, 0.15) is 11.0 Å². The van der Waals surface area contributed by atoms with Crippen LogP contribution in [0, 0.1) is 0 Å². The van der Waals surface area contributed by atoms with E-state index >= 15 is 0 Å². The maximum atomic E-state index is 5.25. The molecule has 642 valence electrons. The average Bonchev–Trinajstić information content (AvgIpc) is 1.68. The molecule has 0 amide bonds. The molecule has 138 heavy (non-hydrogen) atoms. The van der Waals surface area contributed by atoms with Crippen molar-refractivity contribution in [1.29, 1.82) is 0 Å². The minimum Gasteiger partial charge on any atom is -0.309 e. The number of pyridine rings is 3. The first-order valence-corrected chi connectivity index (χ1v) is 47.1. The van der Waals surface area contributed by atoms with E-state index in [9.17, 15) is 0 Å². The largest absolute Gasteiger partial charge is 0.309 e. The van der Waals surface area contributed by atoms with Crippen molar-refractivity contribution in [3.63, 3.8) is 0 Å². The van der Waals surface area contributed by atoms with Crippen LogP contribution >= 0.6 is 11.3 Å². The van der Waals surface area contributed by atoms with Gasteiger partial charge in [0.2, 0.25) is 0 Å². The zero-order chi connectivity index (χ0) is 90.8. The Kier molecular flexibility index (Phi) is 18.8. The van der Waals surface area contributed by atoms with Crippen LogP contribution in [0.2, 0.25) is 0 Å². The molecular weight excluding hydrogens is 1700 g/mol. The van der Waals surface area contributed by atoms with Gasteiger partial charge in [-0.05, 0) is 204 Å². The molecule has 0 saturated heterocycles. The van der Waals surface area contributed by atoms with Crippen molar-refractivity contribution in [3.05, 3.63) is 462 Å². The van der Waals surface area contributed by atoms with Crippen molar-refractivity contribution < 1.29 is 0 Å². The van der Waals surface area contributed by atoms with Crippen LogP contribution in [0.3, 0.4) is 0 Å². The number of fused-ring (bicyclic) bond motifs is 20. The Labute approximate surface area is 794 Å². The van der Waals surface area contributed by atoms with E-state index < -0.39 is 0 Å². The van der Waals surface area contributed by atoms with Crippen LogP contribution in [-0.2, 0) is 0 Å². The Hall–Kier alpha value is -18.4. The van der Waals surface area contributed by atoms with Gasteiger partial charge in [0.05, 0.1) is 72.6 Å². The molecule has 12 nitrogen and oxygen atoms in total. The van der Waals surface area contributed by atoms with Crippen LogP contribution in [0.5, 0.6) is 0 Å². The highest BCUT2D eigenvalue weighted by atomic mass is 32.1. The van der Waals surface area contributed by atoms with Gasteiger partial charge in [-0.2, -0.15) is 0 Å².